The van der Waals surface area contributed by atoms with Crippen LogP contribution in [0.2, 0.25) is 0 Å². The first-order chi connectivity index (χ1) is 14.4. The highest BCUT2D eigenvalue weighted by Gasteiger charge is 2.20. The van der Waals surface area contributed by atoms with Crippen LogP contribution in [-0.4, -0.2) is 46.0 Å². The lowest BCUT2D eigenvalue weighted by Gasteiger charge is -2.31. The Morgan fingerprint density at radius 2 is 2.13 bits per heavy atom. The molecule has 0 radical (unpaired) electrons. The summed E-state index contributed by atoms with van der Waals surface area (Å²) in [5, 5.41) is 15.4. The quantitative estimate of drug-likeness (QED) is 0.522. The molecule has 1 aromatic heterocycles. The van der Waals surface area contributed by atoms with Crippen LogP contribution in [0.3, 0.4) is 0 Å². The number of H-pyrrole nitrogens is 1. The Morgan fingerprint density at radius 1 is 1.37 bits per heavy atom. The highest BCUT2D eigenvalue weighted by atomic mass is 32.1. The fourth-order valence-corrected chi connectivity index (χ4v) is 3.80. The van der Waals surface area contributed by atoms with Crippen molar-refractivity contribution in [2.75, 3.05) is 29.9 Å². The molecule has 0 spiro atoms. The van der Waals surface area contributed by atoms with Gasteiger partial charge in [0.2, 0.25) is 5.95 Å². The van der Waals surface area contributed by atoms with Crippen molar-refractivity contribution in [2.45, 2.75) is 39.0 Å². The first-order valence-corrected chi connectivity index (χ1v) is 10.6. The van der Waals surface area contributed by atoms with Gasteiger partial charge in [-0.15, -0.1) is 0 Å². The standard InChI is InChI=1S/C20H28FN7OS/c1-13(2)16-11-15(21)3-4-17(16)25-20(30)26-19(29)22-8-5-14-6-9-28(10-7-14)18-23-12-24-27-18/h3-4,11-14H,5-10H2,1-2H3,(H,23,24,27)(H3,22,25,26,29,30). The number of urea groups is 1. The molecular formula is C20H28FN7OS. The first kappa shape index (κ1) is 21.9. The Bertz CT molecular complexity index is 851. The maximum absolute atomic E-state index is 13.5. The number of aromatic amines is 1. The lowest BCUT2D eigenvalue weighted by molar-refractivity contribution is 0.244. The Balaban J connectivity index is 1.36. The number of carbonyl (C=O) groups is 1. The summed E-state index contributed by atoms with van der Waals surface area (Å²) in [5.41, 5.74) is 1.49. The Morgan fingerprint density at radius 3 is 2.80 bits per heavy atom. The first-order valence-electron chi connectivity index (χ1n) is 10.2. The number of carbonyl (C=O) groups excluding carboxylic acids is 1. The smallest absolute Gasteiger partial charge is 0.321 e. The zero-order chi connectivity index (χ0) is 21.5. The van der Waals surface area contributed by atoms with E-state index in [4.69, 9.17) is 12.2 Å². The second-order valence-corrected chi connectivity index (χ2v) is 8.16. The van der Waals surface area contributed by atoms with Gasteiger partial charge in [-0.2, -0.15) is 10.1 Å². The summed E-state index contributed by atoms with van der Waals surface area (Å²) in [6, 6.07) is 4.12. The summed E-state index contributed by atoms with van der Waals surface area (Å²) >= 11 is 5.22. The number of nitrogens with one attached hydrogen (secondary N) is 4. The second-order valence-electron chi connectivity index (χ2n) is 7.75. The normalized spacial score (nSPS) is 14.6. The van der Waals surface area contributed by atoms with Crippen LogP contribution < -0.4 is 20.9 Å². The molecule has 30 heavy (non-hydrogen) atoms. The third-order valence-corrected chi connectivity index (χ3v) is 5.47. The monoisotopic (exact) mass is 433 g/mol. The number of thiocarbonyl (C=S) groups is 1. The topological polar surface area (TPSA) is 98.0 Å². The van der Waals surface area contributed by atoms with E-state index in [9.17, 15) is 9.18 Å². The maximum Gasteiger partial charge on any atom is 0.321 e. The van der Waals surface area contributed by atoms with E-state index in [1.807, 2.05) is 13.8 Å². The molecule has 2 heterocycles. The zero-order valence-electron chi connectivity index (χ0n) is 17.2. The third-order valence-electron chi connectivity index (χ3n) is 5.27. The van der Waals surface area contributed by atoms with Crippen LogP contribution in [0.1, 0.15) is 44.6 Å². The van der Waals surface area contributed by atoms with Crippen molar-refractivity contribution in [1.29, 1.82) is 0 Å². The molecule has 1 aromatic carbocycles. The molecule has 162 valence electrons. The summed E-state index contributed by atoms with van der Waals surface area (Å²) in [6.07, 6.45) is 4.52. The summed E-state index contributed by atoms with van der Waals surface area (Å²) < 4.78 is 13.5. The van der Waals surface area contributed by atoms with Gasteiger partial charge >= 0.3 is 6.03 Å². The van der Waals surface area contributed by atoms with Crippen LogP contribution in [0.4, 0.5) is 20.8 Å². The third kappa shape index (κ3) is 6.12. The lowest BCUT2D eigenvalue weighted by atomic mass is 9.94. The van der Waals surface area contributed by atoms with E-state index in [0.29, 0.717) is 18.2 Å². The molecular weight excluding hydrogens is 405 g/mol. The molecule has 3 rings (SSSR count). The lowest BCUT2D eigenvalue weighted by Crippen LogP contribution is -2.42. The van der Waals surface area contributed by atoms with Gasteiger partial charge in [-0.25, -0.2) is 14.3 Å². The Kier molecular flexibility index (Phi) is 7.56. The van der Waals surface area contributed by atoms with Crippen LogP contribution >= 0.6 is 12.2 Å². The van der Waals surface area contributed by atoms with Gasteiger partial charge < -0.3 is 15.5 Å². The second kappa shape index (κ2) is 10.3. The van der Waals surface area contributed by atoms with Crippen molar-refractivity contribution in [1.82, 2.24) is 25.8 Å². The van der Waals surface area contributed by atoms with E-state index < -0.39 is 0 Å². The van der Waals surface area contributed by atoms with Crippen molar-refractivity contribution in [2.24, 2.45) is 5.92 Å². The molecule has 8 nitrogen and oxygen atoms in total. The summed E-state index contributed by atoms with van der Waals surface area (Å²) in [6.45, 7) is 6.37. The van der Waals surface area contributed by atoms with E-state index in [0.717, 1.165) is 43.9 Å². The van der Waals surface area contributed by atoms with Crippen LogP contribution in [0.25, 0.3) is 0 Å². The van der Waals surface area contributed by atoms with Gasteiger partial charge in [-0.3, -0.25) is 5.32 Å². The SMILES string of the molecule is CC(C)c1cc(F)ccc1NC(=S)NC(=O)NCCC1CCN(c2ncn[nH]2)CC1. The van der Waals surface area contributed by atoms with Crippen LogP contribution in [0, 0.1) is 11.7 Å². The number of hydrogen-bond acceptors (Lipinski definition) is 5. The minimum Gasteiger partial charge on any atom is -0.341 e. The highest BCUT2D eigenvalue weighted by Crippen LogP contribution is 2.25. The minimum absolute atomic E-state index is 0.121. The average Bonchev–Trinajstić information content (AvgIpc) is 3.24. The number of halogens is 1. The van der Waals surface area contributed by atoms with Crippen LogP contribution in [0.15, 0.2) is 24.5 Å². The minimum atomic E-state index is -0.347. The molecule has 2 aromatic rings. The van der Waals surface area contributed by atoms with Gasteiger partial charge in [-0.05, 0) is 67.1 Å². The van der Waals surface area contributed by atoms with Crippen molar-refractivity contribution >= 4 is 35.0 Å². The van der Waals surface area contributed by atoms with E-state index in [1.54, 1.807) is 6.07 Å². The molecule has 4 N–H and O–H groups in total. The molecule has 0 unspecified atom stereocenters. The predicted octanol–water partition coefficient (Wildman–Crippen LogP) is 3.37. The maximum atomic E-state index is 13.5. The molecule has 1 fully saturated rings. The van der Waals surface area contributed by atoms with Gasteiger partial charge in [0.05, 0.1) is 0 Å². The fourth-order valence-electron chi connectivity index (χ4n) is 3.60. The number of rotatable bonds is 6. The van der Waals surface area contributed by atoms with Crippen LogP contribution in [-0.2, 0) is 0 Å². The van der Waals surface area contributed by atoms with Gasteiger partial charge in [0.1, 0.15) is 12.1 Å². The molecule has 1 saturated heterocycles. The molecule has 0 aliphatic carbocycles. The van der Waals surface area contributed by atoms with Gasteiger partial charge in [-0.1, -0.05) is 13.8 Å². The molecule has 10 heteroatoms. The van der Waals surface area contributed by atoms with Gasteiger partial charge in [0, 0.05) is 25.3 Å². The number of piperidine rings is 1. The Hall–Kier alpha value is -2.75. The fraction of sp³-hybridized carbons (Fsp3) is 0.500. The molecule has 2 amide bonds. The summed E-state index contributed by atoms with van der Waals surface area (Å²) in [4.78, 5) is 18.5. The van der Waals surface area contributed by atoms with Crippen molar-refractivity contribution in [3.63, 3.8) is 0 Å². The van der Waals surface area contributed by atoms with E-state index in [2.05, 4.69) is 36.0 Å². The molecule has 1 aliphatic heterocycles. The molecule has 0 atom stereocenters. The summed E-state index contributed by atoms with van der Waals surface area (Å²) in [5.74, 6) is 1.19. The molecule has 1 aliphatic rings. The molecule has 0 saturated carbocycles. The van der Waals surface area contributed by atoms with Gasteiger partial charge in [0.15, 0.2) is 5.11 Å². The van der Waals surface area contributed by atoms with E-state index in [1.165, 1.54) is 18.5 Å². The summed E-state index contributed by atoms with van der Waals surface area (Å²) in [7, 11) is 0. The van der Waals surface area contributed by atoms with E-state index >= 15 is 0 Å². The largest absolute Gasteiger partial charge is 0.341 e. The molecule has 0 bridgehead atoms. The highest BCUT2D eigenvalue weighted by molar-refractivity contribution is 7.80. The zero-order valence-corrected chi connectivity index (χ0v) is 18.1. The van der Waals surface area contributed by atoms with Gasteiger partial charge in [0.25, 0.3) is 0 Å². The number of hydrogen-bond donors (Lipinski definition) is 4. The van der Waals surface area contributed by atoms with Crippen molar-refractivity contribution < 1.29 is 9.18 Å². The van der Waals surface area contributed by atoms with Crippen LogP contribution in [0.5, 0.6) is 0 Å². The van der Waals surface area contributed by atoms with Crippen molar-refractivity contribution in [3.8, 4) is 0 Å². The number of benzene rings is 1. The number of aromatic nitrogens is 3. The van der Waals surface area contributed by atoms with E-state index in [-0.39, 0.29) is 22.9 Å². The number of nitrogens with zero attached hydrogens (tertiary/aromatic N) is 3. The predicted molar refractivity (Wildman–Crippen MR) is 119 cm³/mol. The number of amides is 2. The van der Waals surface area contributed by atoms with Crippen molar-refractivity contribution in [3.05, 3.63) is 35.9 Å². The number of anilines is 2. The average molecular weight is 434 g/mol. The Labute approximate surface area is 181 Å².